The first-order chi connectivity index (χ1) is 10.2. The van der Waals surface area contributed by atoms with Gasteiger partial charge in [0.15, 0.2) is 0 Å². The summed E-state index contributed by atoms with van der Waals surface area (Å²) in [6, 6.07) is 16.4. The molecule has 2 aromatic carbocycles. The fraction of sp³-hybridized carbons (Fsp3) is 0.235. The minimum atomic E-state index is -0.587. The zero-order valence-corrected chi connectivity index (χ0v) is 11.9. The highest BCUT2D eigenvalue weighted by molar-refractivity contribution is 5.97. The molecule has 2 rings (SSSR count). The number of carbonyl (C=O) groups excluding carboxylic acids is 1. The van der Waals surface area contributed by atoms with Gasteiger partial charge in [-0.3, -0.25) is 4.79 Å². The van der Waals surface area contributed by atoms with Crippen molar-refractivity contribution in [2.45, 2.75) is 13.0 Å². The standard InChI is InChI=1S/C17H18FNO2/c1-13(14-7-3-2-4-8-14)19-17(20)15-9-5-6-10-16(15)21-12-11-18/h2-10,13H,11-12H2,1H3,(H,19,20)/t13-/m1/s1. The predicted octanol–water partition coefficient (Wildman–Crippen LogP) is 3.53. The lowest BCUT2D eigenvalue weighted by atomic mass is 10.1. The van der Waals surface area contributed by atoms with Gasteiger partial charge in [-0.25, -0.2) is 4.39 Å². The monoisotopic (exact) mass is 287 g/mol. The number of amides is 1. The van der Waals surface area contributed by atoms with Crippen molar-refractivity contribution in [1.82, 2.24) is 5.32 Å². The van der Waals surface area contributed by atoms with Gasteiger partial charge in [0, 0.05) is 0 Å². The molecule has 0 unspecified atom stereocenters. The lowest BCUT2D eigenvalue weighted by Crippen LogP contribution is -2.27. The number of nitrogens with one attached hydrogen (secondary N) is 1. The van der Waals surface area contributed by atoms with Gasteiger partial charge in [0.1, 0.15) is 19.0 Å². The molecule has 0 heterocycles. The molecule has 0 spiro atoms. The summed E-state index contributed by atoms with van der Waals surface area (Å²) in [4.78, 5) is 12.3. The fourth-order valence-electron chi connectivity index (χ4n) is 2.03. The average molecular weight is 287 g/mol. The van der Waals surface area contributed by atoms with Crippen LogP contribution in [0.25, 0.3) is 0 Å². The molecule has 0 radical (unpaired) electrons. The summed E-state index contributed by atoms with van der Waals surface area (Å²) in [6.07, 6.45) is 0. The summed E-state index contributed by atoms with van der Waals surface area (Å²) in [5.74, 6) is 0.161. The van der Waals surface area contributed by atoms with Gasteiger partial charge < -0.3 is 10.1 Å². The number of benzene rings is 2. The smallest absolute Gasteiger partial charge is 0.255 e. The van der Waals surface area contributed by atoms with E-state index in [-0.39, 0.29) is 18.6 Å². The second-order valence-electron chi connectivity index (χ2n) is 4.64. The maximum atomic E-state index is 12.3. The van der Waals surface area contributed by atoms with Crippen LogP contribution in [-0.4, -0.2) is 19.2 Å². The largest absolute Gasteiger partial charge is 0.490 e. The van der Waals surface area contributed by atoms with Crippen molar-refractivity contribution in [3.8, 4) is 5.75 Å². The normalized spacial score (nSPS) is 11.7. The molecule has 3 nitrogen and oxygen atoms in total. The third-order valence-electron chi connectivity index (χ3n) is 3.11. The summed E-state index contributed by atoms with van der Waals surface area (Å²) in [5.41, 5.74) is 1.43. The van der Waals surface area contributed by atoms with Crippen molar-refractivity contribution >= 4 is 5.91 Å². The van der Waals surface area contributed by atoms with Gasteiger partial charge in [0.2, 0.25) is 0 Å². The molecule has 21 heavy (non-hydrogen) atoms. The number of hydrogen-bond donors (Lipinski definition) is 1. The van der Waals surface area contributed by atoms with E-state index in [0.717, 1.165) is 5.56 Å². The van der Waals surface area contributed by atoms with Crippen molar-refractivity contribution in [1.29, 1.82) is 0 Å². The molecule has 0 aromatic heterocycles. The van der Waals surface area contributed by atoms with Gasteiger partial charge in [0.05, 0.1) is 11.6 Å². The first-order valence-corrected chi connectivity index (χ1v) is 6.86. The van der Waals surface area contributed by atoms with E-state index >= 15 is 0 Å². The fourth-order valence-corrected chi connectivity index (χ4v) is 2.03. The van der Waals surface area contributed by atoms with Crippen LogP contribution in [0.3, 0.4) is 0 Å². The minimum absolute atomic E-state index is 0.0570. The Hall–Kier alpha value is -2.36. The third kappa shape index (κ3) is 4.05. The molecule has 0 saturated heterocycles. The van der Waals surface area contributed by atoms with Crippen molar-refractivity contribution in [2.75, 3.05) is 13.3 Å². The molecule has 0 aliphatic heterocycles. The lowest BCUT2D eigenvalue weighted by molar-refractivity contribution is 0.0935. The van der Waals surface area contributed by atoms with Crippen LogP contribution in [-0.2, 0) is 0 Å². The second-order valence-corrected chi connectivity index (χ2v) is 4.64. The van der Waals surface area contributed by atoms with E-state index in [9.17, 15) is 9.18 Å². The third-order valence-corrected chi connectivity index (χ3v) is 3.11. The van der Waals surface area contributed by atoms with E-state index in [1.165, 1.54) is 0 Å². The summed E-state index contributed by atoms with van der Waals surface area (Å²) in [7, 11) is 0. The van der Waals surface area contributed by atoms with E-state index in [1.807, 2.05) is 37.3 Å². The number of carbonyl (C=O) groups is 1. The first-order valence-electron chi connectivity index (χ1n) is 6.86. The number of halogens is 1. The second kappa shape index (κ2) is 7.43. The van der Waals surface area contributed by atoms with E-state index in [2.05, 4.69) is 5.32 Å². The number of rotatable bonds is 6. The minimum Gasteiger partial charge on any atom is -0.490 e. The average Bonchev–Trinajstić information content (AvgIpc) is 2.54. The van der Waals surface area contributed by atoms with Crippen LogP contribution >= 0.6 is 0 Å². The molecule has 0 aliphatic carbocycles. The number of alkyl halides is 1. The molecular formula is C17H18FNO2. The Kier molecular flexibility index (Phi) is 5.32. The van der Waals surface area contributed by atoms with Crippen LogP contribution in [0, 0.1) is 0 Å². The molecule has 1 amide bonds. The quantitative estimate of drug-likeness (QED) is 0.882. The molecule has 2 aromatic rings. The molecule has 0 aliphatic rings. The topological polar surface area (TPSA) is 38.3 Å². The predicted molar refractivity (Wildman–Crippen MR) is 80.2 cm³/mol. The van der Waals surface area contributed by atoms with Crippen LogP contribution in [0.4, 0.5) is 4.39 Å². The van der Waals surface area contributed by atoms with Crippen LogP contribution in [0.5, 0.6) is 5.75 Å². The maximum absolute atomic E-state index is 12.3. The van der Waals surface area contributed by atoms with E-state index < -0.39 is 6.67 Å². The van der Waals surface area contributed by atoms with Crippen LogP contribution in [0.2, 0.25) is 0 Å². The molecule has 0 fully saturated rings. The van der Waals surface area contributed by atoms with Crippen molar-refractivity contribution in [2.24, 2.45) is 0 Å². The number of ether oxygens (including phenoxy) is 1. The zero-order valence-electron chi connectivity index (χ0n) is 11.9. The van der Waals surface area contributed by atoms with Gasteiger partial charge >= 0.3 is 0 Å². The SMILES string of the molecule is C[C@@H](NC(=O)c1ccccc1OCCF)c1ccccc1. The van der Waals surface area contributed by atoms with Gasteiger partial charge in [-0.15, -0.1) is 0 Å². The van der Waals surface area contributed by atoms with Crippen molar-refractivity contribution < 1.29 is 13.9 Å². The summed E-state index contributed by atoms with van der Waals surface area (Å²) >= 11 is 0. The van der Waals surface area contributed by atoms with Gasteiger partial charge in [-0.2, -0.15) is 0 Å². The number of para-hydroxylation sites is 1. The Morgan fingerprint density at radius 2 is 1.81 bits per heavy atom. The Bertz CT molecular complexity index is 586. The summed E-state index contributed by atoms with van der Waals surface area (Å²) in [5, 5.41) is 2.92. The molecular weight excluding hydrogens is 269 g/mol. The first kappa shape index (κ1) is 15.0. The van der Waals surface area contributed by atoms with E-state index in [1.54, 1.807) is 24.3 Å². The van der Waals surface area contributed by atoms with Crippen LogP contribution in [0.1, 0.15) is 28.9 Å². The lowest BCUT2D eigenvalue weighted by Gasteiger charge is -2.16. The van der Waals surface area contributed by atoms with Crippen LogP contribution in [0.15, 0.2) is 54.6 Å². The zero-order chi connectivity index (χ0) is 15.1. The Labute approximate surface area is 123 Å². The Morgan fingerprint density at radius 3 is 2.52 bits per heavy atom. The van der Waals surface area contributed by atoms with E-state index in [0.29, 0.717) is 11.3 Å². The van der Waals surface area contributed by atoms with Crippen molar-refractivity contribution in [3.05, 3.63) is 65.7 Å². The molecule has 4 heteroatoms. The molecule has 1 atom stereocenters. The number of hydrogen-bond acceptors (Lipinski definition) is 2. The molecule has 1 N–H and O–H groups in total. The Balaban J connectivity index is 2.10. The van der Waals surface area contributed by atoms with Gasteiger partial charge in [-0.05, 0) is 24.6 Å². The summed E-state index contributed by atoms with van der Waals surface area (Å²) in [6.45, 7) is 1.27. The molecule has 0 bridgehead atoms. The summed E-state index contributed by atoms with van der Waals surface area (Å²) < 4.78 is 17.5. The highest BCUT2D eigenvalue weighted by atomic mass is 19.1. The maximum Gasteiger partial charge on any atom is 0.255 e. The highest BCUT2D eigenvalue weighted by Crippen LogP contribution is 2.19. The van der Waals surface area contributed by atoms with Gasteiger partial charge in [-0.1, -0.05) is 42.5 Å². The van der Waals surface area contributed by atoms with E-state index in [4.69, 9.17) is 4.74 Å². The Morgan fingerprint density at radius 1 is 1.14 bits per heavy atom. The van der Waals surface area contributed by atoms with Crippen molar-refractivity contribution in [3.63, 3.8) is 0 Å². The highest BCUT2D eigenvalue weighted by Gasteiger charge is 2.15. The molecule has 0 saturated carbocycles. The van der Waals surface area contributed by atoms with Crippen LogP contribution < -0.4 is 10.1 Å². The van der Waals surface area contributed by atoms with Gasteiger partial charge in [0.25, 0.3) is 5.91 Å². The molecule has 110 valence electrons.